The van der Waals surface area contributed by atoms with Gasteiger partial charge in [-0.1, -0.05) is 0 Å². The van der Waals surface area contributed by atoms with Crippen molar-refractivity contribution in [2.45, 2.75) is 6.92 Å². The molecule has 0 bridgehead atoms. The molecule has 2 N–H and O–H groups in total. The van der Waals surface area contributed by atoms with Gasteiger partial charge in [0.2, 0.25) is 0 Å². The van der Waals surface area contributed by atoms with Gasteiger partial charge in [0.25, 0.3) is 0 Å². The predicted octanol–water partition coefficient (Wildman–Crippen LogP) is -0.434. The van der Waals surface area contributed by atoms with Crippen molar-refractivity contribution in [3.8, 4) is 0 Å². The van der Waals surface area contributed by atoms with E-state index in [4.69, 9.17) is 5.11 Å². The summed E-state index contributed by atoms with van der Waals surface area (Å²) in [5, 5.41) is 22.3. The van der Waals surface area contributed by atoms with Crippen LogP contribution in [0.2, 0.25) is 0 Å². The second-order valence-electron chi connectivity index (χ2n) is 3.13. The van der Waals surface area contributed by atoms with Crippen molar-refractivity contribution in [2.75, 3.05) is 18.5 Å². The van der Waals surface area contributed by atoms with Gasteiger partial charge >= 0.3 is 95.8 Å². The maximum atomic E-state index is 10.7. The molecule has 1 rings (SSSR count). The van der Waals surface area contributed by atoms with Gasteiger partial charge in [0.15, 0.2) is 0 Å². The molecule has 0 aliphatic rings. The van der Waals surface area contributed by atoms with Gasteiger partial charge in [-0.2, -0.15) is 0 Å². The molecule has 0 aromatic heterocycles. The molecule has 82 valence electrons. The summed E-state index contributed by atoms with van der Waals surface area (Å²) in [7, 11) is 0. The van der Waals surface area contributed by atoms with E-state index in [0.717, 1.165) is 5.56 Å². The summed E-state index contributed by atoms with van der Waals surface area (Å²) in [6.07, 6.45) is 0. The molecule has 0 amide bonds. The van der Waals surface area contributed by atoms with Gasteiger partial charge in [-0.25, -0.2) is 0 Å². The van der Waals surface area contributed by atoms with E-state index in [0.29, 0.717) is 16.6 Å². The molecule has 1 aromatic rings. The number of nitro groups is 1. The zero-order valence-electron chi connectivity index (χ0n) is 8.36. The summed E-state index contributed by atoms with van der Waals surface area (Å²) < 4.78 is 0.708. The number of aliphatic hydroxyl groups is 1. The van der Waals surface area contributed by atoms with Crippen molar-refractivity contribution in [1.82, 2.24) is 0 Å². The number of hydrogen-bond acceptors (Lipinski definition) is 4. The standard InChI is InChI=1S/C9H13AsN2O3/c1-6-4-7(10)9(12(14)15)5-8(6)11-2-3-13/h4-5,11,13H,2-3,10H2,1H3. The first-order valence-corrected chi connectivity index (χ1v) is 5.66. The van der Waals surface area contributed by atoms with Gasteiger partial charge in [-0.15, -0.1) is 0 Å². The number of nitrogens with one attached hydrogen (secondary N) is 1. The van der Waals surface area contributed by atoms with Crippen LogP contribution in [-0.4, -0.2) is 40.0 Å². The van der Waals surface area contributed by atoms with E-state index in [2.05, 4.69) is 5.32 Å². The first kappa shape index (κ1) is 12.0. The van der Waals surface area contributed by atoms with Crippen LogP contribution in [0.3, 0.4) is 0 Å². The Morgan fingerprint density at radius 3 is 2.80 bits per heavy atom. The Bertz CT molecular complexity index is 382. The van der Waals surface area contributed by atoms with Crippen molar-refractivity contribution < 1.29 is 10.0 Å². The van der Waals surface area contributed by atoms with E-state index < -0.39 is 0 Å². The quantitative estimate of drug-likeness (QED) is 0.443. The first-order valence-electron chi connectivity index (χ1n) is 4.45. The predicted molar refractivity (Wildman–Crippen MR) is 61.6 cm³/mol. The van der Waals surface area contributed by atoms with Crippen LogP contribution in [0.4, 0.5) is 11.4 Å². The topological polar surface area (TPSA) is 75.4 Å². The molecule has 1 aromatic carbocycles. The Morgan fingerprint density at radius 1 is 1.60 bits per heavy atom. The van der Waals surface area contributed by atoms with Crippen molar-refractivity contribution in [2.24, 2.45) is 0 Å². The number of anilines is 1. The fourth-order valence-electron chi connectivity index (χ4n) is 1.26. The molecule has 1 unspecified atom stereocenters. The SMILES string of the molecule is Cc1cc([AsH2])c([N+](=O)[O-])cc1NCCO. The second-order valence-corrected chi connectivity index (χ2v) is 4.44. The molecule has 0 aliphatic heterocycles. The molecule has 6 heteroatoms. The molecule has 0 fully saturated rings. The van der Waals surface area contributed by atoms with E-state index in [1.54, 1.807) is 6.07 Å². The van der Waals surface area contributed by atoms with Crippen molar-refractivity contribution in [3.63, 3.8) is 0 Å². The molecular weight excluding hydrogens is 259 g/mol. The van der Waals surface area contributed by atoms with Gasteiger partial charge in [0.1, 0.15) is 0 Å². The summed E-state index contributed by atoms with van der Waals surface area (Å²) in [5.41, 5.74) is 1.78. The van der Waals surface area contributed by atoms with Crippen LogP contribution in [0, 0.1) is 17.0 Å². The van der Waals surface area contributed by atoms with Crippen molar-refractivity contribution >= 4 is 32.6 Å². The van der Waals surface area contributed by atoms with E-state index in [1.807, 2.05) is 6.92 Å². The number of benzene rings is 1. The van der Waals surface area contributed by atoms with Gasteiger partial charge < -0.3 is 0 Å². The number of hydrogen-bond donors (Lipinski definition) is 2. The summed E-state index contributed by atoms with van der Waals surface area (Å²) in [6, 6.07) is 3.31. The number of aryl methyl sites for hydroxylation is 1. The average molecular weight is 272 g/mol. The summed E-state index contributed by atoms with van der Waals surface area (Å²) >= 11 is 1.24. The molecule has 0 saturated carbocycles. The van der Waals surface area contributed by atoms with Gasteiger partial charge in [0, 0.05) is 0 Å². The molecular formula is C9H13AsN2O3. The second kappa shape index (κ2) is 5.14. The van der Waals surface area contributed by atoms with Gasteiger partial charge in [-0.05, 0) is 0 Å². The third-order valence-electron chi connectivity index (χ3n) is 2.00. The summed E-state index contributed by atoms with van der Waals surface area (Å²) in [6.45, 7) is 2.28. The van der Waals surface area contributed by atoms with Crippen LogP contribution in [-0.2, 0) is 0 Å². The van der Waals surface area contributed by atoms with Gasteiger partial charge in [0.05, 0.1) is 0 Å². The number of nitro benzene ring substituents is 1. The van der Waals surface area contributed by atoms with Crippen LogP contribution < -0.4 is 9.67 Å². The van der Waals surface area contributed by atoms with Crippen molar-refractivity contribution in [3.05, 3.63) is 27.8 Å². The average Bonchev–Trinajstić information content (AvgIpc) is 2.16. The Morgan fingerprint density at radius 2 is 2.27 bits per heavy atom. The molecule has 0 heterocycles. The minimum atomic E-state index is -0.388. The molecule has 0 saturated heterocycles. The number of rotatable bonds is 4. The minimum absolute atomic E-state index is 0.00501. The fraction of sp³-hybridized carbons (Fsp3) is 0.333. The zero-order valence-corrected chi connectivity index (χ0v) is 10.8. The Kier molecular flexibility index (Phi) is 4.12. The molecule has 15 heavy (non-hydrogen) atoms. The van der Waals surface area contributed by atoms with Crippen LogP contribution in [0.15, 0.2) is 12.1 Å². The normalized spacial score (nSPS) is 10.1. The van der Waals surface area contributed by atoms with Crippen LogP contribution >= 0.6 is 0 Å². The van der Waals surface area contributed by atoms with Crippen molar-refractivity contribution in [1.29, 1.82) is 0 Å². The Balaban J connectivity index is 3.06. The fourth-order valence-corrected chi connectivity index (χ4v) is 2.18. The number of aliphatic hydroxyl groups excluding tert-OH is 1. The maximum absolute atomic E-state index is 10.7. The van der Waals surface area contributed by atoms with E-state index in [1.165, 1.54) is 22.9 Å². The molecule has 1 atom stereocenters. The Hall–Kier alpha value is -1.06. The van der Waals surface area contributed by atoms with E-state index in [9.17, 15) is 10.1 Å². The van der Waals surface area contributed by atoms with Crippen LogP contribution in [0.1, 0.15) is 5.56 Å². The molecule has 0 spiro atoms. The first-order chi connectivity index (χ1) is 7.06. The van der Waals surface area contributed by atoms with Gasteiger partial charge in [-0.3, -0.25) is 0 Å². The zero-order chi connectivity index (χ0) is 11.4. The summed E-state index contributed by atoms with van der Waals surface area (Å²) in [5.74, 6) is 0. The Labute approximate surface area is 96.1 Å². The molecule has 5 nitrogen and oxygen atoms in total. The molecule has 0 aliphatic carbocycles. The number of nitrogens with zero attached hydrogens (tertiary/aromatic N) is 1. The third-order valence-corrected chi connectivity index (χ3v) is 2.97. The summed E-state index contributed by atoms with van der Waals surface area (Å²) in [4.78, 5) is 10.3. The third kappa shape index (κ3) is 2.94. The monoisotopic (exact) mass is 272 g/mol. The van der Waals surface area contributed by atoms with E-state index in [-0.39, 0.29) is 17.2 Å². The molecule has 0 radical (unpaired) electrons. The van der Waals surface area contributed by atoms with Crippen LogP contribution in [0.25, 0.3) is 0 Å². The van der Waals surface area contributed by atoms with Crippen LogP contribution in [0.5, 0.6) is 0 Å². The van der Waals surface area contributed by atoms with E-state index >= 15 is 0 Å².